The summed E-state index contributed by atoms with van der Waals surface area (Å²) in [6.07, 6.45) is 8.87. The van der Waals surface area contributed by atoms with Gasteiger partial charge in [-0.2, -0.15) is 0 Å². The minimum Gasteiger partial charge on any atom is -0.492 e. The maximum atomic E-state index is 5.88. The predicted octanol–water partition coefficient (Wildman–Crippen LogP) is 2.71. The smallest absolute Gasteiger partial charge is 0.137 e. The second kappa shape index (κ2) is 6.01. The zero-order chi connectivity index (χ0) is 12.1. The molecule has 0 spiro atoms. The molecule has 0 saturated heterocycles. The molecule has 94 valence electrons. The highest BCUT2D eigenvalue weighted by molar-refractivity contribution is 5.27. The Hall–Kier alpha value is -1.09. The second-order valence-corrected chi connectivity index (χ2v) is 4.77. The van der Waals surface area contributed by atoms with Gasteiger partial charge in [0.2, 0.25) is 0 Å². The van der Waals surface area contributed by atoms with Crippen LogP contribution in [0.25, 0.3) is 0 Å². The molecule has 0 bridgehead atoms. The maximum Gasteiger partial charge on any atom is 0.137 e. The van der Waals surface area contributed by atoms with Crippen molar-refractivity contribution >= 4 is 0 Å². The Morgan fingerprint density at radius 3 is 2.94 bits per heavy atom. The van der Waals surface area contributed by atoms with E-state index in [1.54, 1.807) is 6.20 Å². The minimum atomic E-state index is 0.571. The topological polar surface area (TPSA) is 48.1 Å². The molecule has 2 unspecified atom stereocenters. The Labute approximate surface area is 103 Å². The Morgan fingerprint density at radius 1 is 1.35 bits per heavy atom. The largest absolute Gasteiger partial charge is 0.492 e. The molecule has 0 aliphatic heterocycles. The summed E-state index contributed by atoms with van der Waals surface area (Å²) in [5.41, 5.74) is 7.17. The third-order valence-corrected chi connectivity index (χ3v) is 3.69. The van der Waals surface area contributed by atoms with Crippen molar-refractivity contribution in [3.63, 3.8) is 0 Å². The van der Waals surface area contributed by atoms with Crippen molar-refractivity contribution in [2.75, 3.05) is 13.2 Å². The summed E-state index contributed by atoms with van der Waals surface area (Å²) in [5.74, 6) is 2.07. The highest BCUT2D eigenvalue weighted by Gasteiger charge is 2.25. The quantitative estimate of drug-likeness (QED) is 0.871. The average molecular weight is 234 g/mol. The van der Waals surface area contributed by atoms with Crippen molar-refractivity contribution < 1.29 is 4.74 Å². The number of ether oxygens (including phenoxy) is 1. The van der Waals surface area contributed by atoms with E-state index in [4.69, 9.17) is 10.5 Å². The normalized spacial score (nSPS) is 24.6. The first-order valence-corrected chi connectivity index (χ1v) is 6.63. The number of hydrogen-bond acceptors (Lipinski definition) is 3. The molecule has 1 aromatic rings. The Balaban J connectivity index is 2.16. The fourth-order valence-corrected chi connectivity index (χ4v) is 2.81. The molecule has 1 fully saturated rings. The van der Waals surface area contributed by atoms with Crippen LogP contribution in [0.3, 0.4) is 0 Å². The third-order valence-electron chi connectivity index (χ3n) is 3.69. The summed E-state index contributed by atoms with van der Waals surface area (Å²) in [5, 5.41) is 0. The summed E-state index contributed by atoms with van der Waals surface area (Å²) in [7, 11) is 0. The van der Waals surface area contributed by atoms with E-state index in [0.29, 0.717) is 18.4 Å². The molecule has 1 aromatic heterocycles. The van der Waals surface area contributed by atoms with E-state index in [0.717, 1.165) is 12.3 Å². The maximum absolute atomic E-state index is 5.88. The first-order chi connectivity index (χ1) is 8.35. The summed E-state index contributed by atoms with van der Waals surface area (Å²) >= 11 is 0. The molecule has 0 radical (unpaired) electrons. The molecule has 0 aromatic carbocycles. The van der Waals surface area contributed by atoms with Crippen molar-refractivity contribution in [3.8, 4) is 5.75 Å². The van der Waals surface area contributed by atoms with Crippen molar-refractivity contribution in [1.29, 1.82) is 0 Å². The second-order valence-electron chi connectivity index (χ2n) is 4.77. The van der Waals surface area contributed by atoms with Gasteiger partial charge in [0.1, 0.15) is 5.75 Å². The molecule has 3 nitrogen and oxygen atoms in total. The van der Waals surface area contributed by atoms with Gasteiger partial charge in [-0.15, -0.1) is 0 Å². The van der Waals surface area contributed by atoms with Crippen LogP contribution in [-0.2, 0) is 0 Å². The van der Waals surface area contributed by atoms with Gasteiger partial charge in [-0.25, -0.2) is 0 Å². The average Bonchev–Trinajstić information content (AvgIpc) is 2.39. The molecular formula is C14H22N2O. The van der Waals surface area contributed by atoms with Gasteiger partial charge in [-0.05, 0) is 49.8 Å². The molecule has 17 heavy (non-hydrogen) atoms. The van der Waals surface area contributed by atoms with Crippen LogP contribution >= 0.6 is 0 Å². The molecule has 2 N–H and O–H groups in total. The fourth-order valence-electron chi connectivity index (χ4n) is 2.81. The van der Waals surface area contributed by atoms with Gasteiger partial charge in [0, 0.05) is 6.20 Å². The molecule has 2 rings (SSSR count). The zero-order valence-electron chi connectivity index (χ0n) is 10.6. The van der Waals surface area contributed by atoms with Gasteiger partial charge < -0.3 is 10.5 Å². The van der Waals surface area contributed by atoms with Gasteiger partial charge in [0.15, 0.2) is 0 Å². The van der Waals surface area contributed by atoms with Crippen LogP contribution in [0.4, 0.5) is 0 Å². The van der Waals surface area contributed by atoms with Gasteiger partial charge in [0.05, 0.1) is 12.8 Å². The molecule has 1 saturated carbocycles. The van der Waals surface area contributed by atoms with Crippen molar-refractivity contribution in [2.45, 2.75) is 38.5 Å². The first kappa shape index (κ1) is 12.4. The zero-order valence-corrected chi connectivity index (χ0v) is 10.6. The summed E-state index contributed by atoms with van der Waals surface area (Å²) < 4.78 is 5.51. The standard InChI is InChI=1S/C14H22N2O/c1-2-17-13-7-12(9-16-10-13)14-6-4-3-5-11(14)8-15/h7,9-11,14H,2-6,8,15H2,1H3. The molecule has 0 amide bonds. The molecular weight excluding hydrogens is 212 g/mol. The van der Waals surface area contributed by atoms with E-state index >= 15 is 0 Å². The SMILES string of the molecule is CCOc1cncc(C2CCCCC2CN)c1. The Kier molecular flexibility index (Phi) is 4.37. The minimum absolute atomic E-state index is 0.571. The lowest BCUT2D eigenvalue weighted by Crippen LogP contribution is -2.25. The molecule has 1 aliphatic rings. The molecule has 1 aliphatic carbocycles. The van der Waals surface area contributed by atoms with Crippen LogP contribution in [0, 0.1) is 5.92 Å². The molecule has 2 atom stereocenters. The van der Waals surface area contributed by atoms with Crippen molar-refractivity contribution in [1.82, 2.24) is 4.98 Å². The lowest BCUT2D eigenvalue weighted by molar-refractivity contribution is 0.310. The number of aromatic nitrogens is 1. The van der Waals surface area contributed by atoms with E-state index in [1.807, 2.05) is 13.1 Å². The lowest BCUT2D eigenvalue weighted by Gasteiger charge is -2.30. The number of hydrogen-bond donors (Lipinski definition) is 1. The van der Waals surface area contributed by atoms with Crippen molar-refractivity contribution in [3.05, 3.63) is 24.0 Å². The summed E-state index contributed by atoms with van der Waals surface area (Å²) in [6, 6.07) is 2.13. The van der Waals surface area contributed by atoms with Crippen LogP contribution in [0.15, 0.2) is 18.5 Å². The van der Waals surface area contributed by atoms with Crippen LogP contribution in [0.5, 0.6) is 5.75 Å². The highest BCUT2D eigenvalue weighted by atomic mass is 16.5. The van der Waals surface area contributed by atoms with E-state index in [2.05, 4.69) is 11.1 Å². The number of nitrogens with two attached hydrogens (primary N) is 1. The first-order valence-electron chi connectivity index (χ1n) is 6.63. The van der Waals surface area contributed by atoms with Gasteiger partial charge in [-0.3, -0.25) is 4.98 Å². The van der Waals surface area contributed by atoms with E-state index < -0.39 is 0 Å². The number of pyridine rings is 1. The van der Waals surface area contributed by atoms with E-state index in [1.165, 1.54) is 31.2 Å². The predicted molar refractivity (Wildman–Crippen MR) is 69.2 cm³/mol. The van der Waals surface area contributed by atoms with Gasteiger partial charge in [-0.1, -0.05) is 12.8 Å². The fraction of sp³-hybridized carbons (Fsp3) is 0.643. The van der Waals surface area contributed by atoms with Gasteiger partial charge in [0.25, 0.3) is 0 Å². The van der Waals surface area contributed by atoms with Crippen LogP contribution in [0.1, 0.15) is 44.1 Å². The van der Waals surface area contributed by atoms with E-state index in [-0.39, 0.29) is 0 Å². The van der Waals surface area contributed by atoms with Crippen LogP contribution in [-0.4, -0.2) is 18.1 Å². The summed E-state index contributed by atoms with van der Waals surface area (Å²) in [4.78, 5) is 4.28. The van der Waals surface area contributed by atoms with E-state index in [9.17, 15) is 0 Å². The van der Waals surface area contributed by atoms with Gasteiger partial charge >= 0.3 is 0 Å². The van der Waals surface area contributed by atoms with Crippen molar-refractivity contribution in [2.24, 2.45) is 11.7 Å². The summed E-state index contributed by atoms with van der Waals surface area (Å²) in [6.45, 7) is 3.47. The molecule has 3 heteroatoms. The number of rotatable bonds is 4. The Bertz CT molecular complexity index is 354. The highest BCUT2D eigenvalue weighted by Crippen LogP contribution is 2.37. The monoisotopic (exact) mass is 234 g/mol. The Morgan fingerprint density at radius 2 is 2.18 bits per heavy atom. The molecule has 1 heterocycles. The third kappa shape index (κ3) is 2.97. The van der Waals surface area contributed by atoms with Crippen LogP contribution in [0.2, 0.25) is 0 Å². The van der Waals surface area contributed by atoms with Crippen LogP contribution < -0.4 is 10.5 Å². The number of nitrogens with zero attached hydrogens (tertiary/aromatic N) is 1. The lowest BCUT2D eigenvalue weighted by atomic mass is 9.76.